The molecule has 0 amide bonds. The van der Waals surface area contributed by atoms with Gasteiger partial charge < -0.3 is 5.32 Å². The van der Waals surface area contributed by atoms with Crippen LogP contribution in [-0.4, -0.2) is 6.54 Å². The van der Waals surface area contributed by atoms with Crippen molar-refractivity contribution in [1.29, 1.82) is 0 Å². The van der Waals surface area contributed by atoms with Crippen molar-refractivity contribution in [2.24, 2.45) is 0 Å². The molecule has 1 heteroatoms. The van der Waals surface area contributed by atoms with E-state index in [0.717, 1.165) is 13.0 Å². The zero-order valence-electron chi connectivity index (χ0n) is 9.63. The SMILES string of the molecule is C=CCCNc1ccc(CCCC)cc1. The summed E-state index contributed by atoms with van der Waals surface area (Å²) in [5.41, 5.74) is 2.64. The van der Waals surface area contributed by atoms with Crippen LogP contribution in [0.1, 0.15) is 31.7 Å². The topological polar surface area (TPSA) is 12.0 Å². The molecular formula is C14H21N. The molecule has 0 aliphatic heterocycles. The number of benzene rings is 1. The summed E-state index contributed by atoms with van der Waals surface area (Å²) in [5, 5.41) is 3.36. The third-order valence-electron chi connectivity index (χ3n) is 2.45. The van der Waals surface area contributed by atoms with Gasteiger partial charge in [-0.05, 0) is 37.0 Å². The number of hydrogen-bond acceptors (Lipinski definition) is 1. The standard InChI is InChI=1S/C14H21N/c1-3-5-7-13-8-10-14(11-9-13)15-12-6-4-2/h4,8-11,15H,2-3,5-7,12H2,1H3. The van der Waals surface area contributed by atoms with E-state index in [9.17, 15) is 0 Å². The fourth-order valence-corrected chi connectivity index (χ4v) is 1.49. The van der Waals surface area contributed by atoms with Crippen molar-refractivity contribution in [3.05, 3.63) is 42.5 Å². The van der Waals surface area contributed by atoms with Gasteiger partial charge in [0.2, 0.25) is 0 Å². The molecule has 0 heterocycles. The monoisotopic (exact) mass is 203 g/mol. The number of rotatable bonds is 7. The van der Waals surface area contributed by atoms with Gasteiger partial charge in [-0.15, -0.1) is 6.58 Å². The van der Waals surface area contributed by atoms with Crippen LogP contribution in [0.5, 0.6) is 0 Å². The highest BCUT2D eigenvalue weighted by Crippen LogP contribution is 2.11. The van der Waals surface area contributed by atoms with Crippen LogP contribution in [0, 0.1) is 0 Å². The van der Waals surface area contributed by atoms with Crippen molar-refractivity contribution >= 4 is 5.69 Å². The second kappa shape index (κ2) is 7.10. The van der Waals surface area contributed by atoms with Crippen molar-refractivity contribution in [2.45, 2.75) is 32.6 Å². The molecule has 0 atom stereocenters. The predicted octanol–water partition coefficient (Wildman–Crippen LogP) is 4.02. The third kappa shape index (κ3) is 4.68. The van der Waals surface area contributed by atoms with Crippen LogP contribution >= 0.6 is 0 Å². The molecule has 1 nitrogen and oxygen atoms in total. The summed E-state index contributed by atoms with van der Waals surface area (Å²) in [6.07, 6.45) is 6.69. The van der Waals surface area contributed by atoms with E-state index in [0.29, 0.717) is 0 Å². The lowest BCUT2D eigenvalue weighted by Gasteiger charge is -2.05. The molecule has 0 radical (unpaired) electrons. The molecule has 0 aromatic heterocycles. The van der Waals surface area contributed by atoms with E-state index in [2.05, 4.69) is 43.1 Å². The number of nitrogens with one attached hydrogen (secondary N) is 1. The van der Waals surface area contributed by atoms with Gasteiger partial charge >= 0.3 is 0 Å². The van der Waals surface area contributed by atoms with Crippen molar-refractivity contribution in [1.82, 2.24) is 0 Å². The summed E-state index contributed by atoms with van der Waals surface area (Å²) in [6.45, 7) is 6.90. The lowest BCUT2D eigenvalue weighted by molar-refractivity contribution is 0.795. The van der Waals surface area contributed by atoms with Crippen LogP contribution in [-0.2, 0) is 6.42 Å². The van der Waals surface area contributed by atoms with Gasteiger partial charge in [0, 0.05) is 12.2 Å². The maximum absolute atomic E-state index is 3.70. The second-order valence-electron chi connectivity index (χ2n) is 3.80. The first-order valence-electron chi connectivity index (χ1n) is 5.80. The van der Waals surface area contributed by atoms with Crippen LogP contribution in [0.4, 0.5) is 5.69 Å². The Balaban J connectivity index is 2.38. The predicted molar refractivity (Wildman–Crippen MR) is 68.4 cm³/mol. The van der Waals surface area contributed by atoms with Crippen molar-refractivity contribution in [3.63, 3.8) is 0 Å². The van der Waals surface area contributed by atoms with Gasteiger partial charge in [-0.1, -0.05) is 31.6 Å². The molecule has 0 unspecified atom stereocenters. The number of unbranched alkanes of at least 4 members (excludes halogenated alkanes) is 1. The van der Waals surface area contributed by atoms with Crippen LogP contribution in [0.15, 0.2) is 36.9 Å². The lowest BCUT2D eigenvalue weighted by Crippen LogP contribution is -1.99. The summed E-state index contributed by atoms with van der Waals surface area (Å²) in [7, 11) is 0. The van der Waals surface area contributed by atoms with Crippen LogP contribution < -0.4 is 5.32 Å². The minimum absolute atomic E-state index is 0.970. The molecular weight excluding hydrogens is 182 g/mol. The highest BCUT2D eigenvalue weighted by atomic mass is 14.9. The lowest BCUT2D eigenvalue weighted by atomic mass is 10.1. The van der Waals surface area contributed by atoms with Gasteiger partial charge in [0.05, 0.1) is 0 Å². The Kier molecular flexibility index (Phi) is 5.60. The van der Waals surface area contributed by atoms with Gasteiger partial charge in [-0.25, -0.2) is 0 Å². The first-order chi connectivity index (χ1) is 7.36. The van der Waals surface area contributed by atoms with Gasteiger partial charge in [0.1, 0.15) is 0 Å². The van der Waals surface area contributed by atoms with E-state index in [1.165, 1.54) is 30.5 Å². The van der Waals surface area contributed by atoms with E-state index in [-0.39, 0.29) is 0 Å². The summed E-state index contributed by atoms with van der Waals surface area (Å²) in [6, 6.07) is 8.75. The third-order valence-corrected chi connectivity index (χ3v) is 2.45. The fraction of sp³-hybridized carbons (Fsp3) is 0.429. The molecule has 1 N–H and O–H groups in total. The van der Waals surface area contributed by atoms with Crippen molar-refractivity contribution < 1.29 is 0 Å². The highest BCUT2D eigenvalue weighted by molar-refractivity contribution is 5.44. The Bertz CT molecular complexity index is 274. The van der Waals surface area contributed by atoms with Gasteiger partial charge in [0.15, 0.2) is 0 Å². The molecule has 15 heavy (non-hydrogen) atoms. The molecule has 0 saturated carbocycles. The largest absolute Gasteiger partial charge is 0.385 e. The van der Waals surface area contributed by atoms with Crippen LogP contribution in [0.2, 0.25) is 0 Å². The molecule has 0 spiro atoms. The van der Waals surface area contributed by atoms with E-state index >= 15 is 0 Å². The molecule has 1 rings (SSSR count). The average Bonchev–Trinajstić information content (AvgIpc) is 2.28. The Morgan fingerprint density at radius 1 is 1.27 bits per heavy atom. The Hall–Kier alpha value is -1.24. The number of hydrogen-bond donors (Lipinski definition) is 1. The zero-order valence-corrected chi connectivity index (χ0v) is 9.63. The van der Waals surface area contributed by atoms with Crippen LogP contribution in [0.3, 0.4) is 0 Å². The quantitative estimate of drug-likeness (QED) is 0.521. The number of anilines is 1. The summed E-state index contributed by atoms with van der Waals surface area (Å²) in [4.78, 5) is 0. The molecule has 0 saturated heterocycles. The smallest absolute Gasteiger partial charge is 0.0340 e. The van der Waals surface area contributed by atoms with Gasteiger partial charge in [-0.2, -0.15) is 0 Å². The summed E-state index contributed by atoms with van der Waals surface area (Å²) < 4.78 is 0. The normalized spacial score (nSPS) is 9.93. The number of aryl methyl sites for hydroxylation is 1. The highest BCUT2D eigenvalue weighted by Gasteiger charge is 1.93. The second-order valence-corrected chi connectivity index (χ2v) is 3.80. The minimum atomic E-state index is 0.970. The molecule has 0 fully saturated rings. The summed E-state index contributed by atoms with van der Waals surface area (Å²) in [5.74, 6) is 0. The molecule has 82 valence electrons. The molecule has 0 bridgehead atoms. The average molecular weight is 203 g/mol. The molecule has 1 aromatic carbocycles. The van der Waals surface area contributed by atoms with Crippen molar-refractivity contribution in [3.8, 4) is 0 Å². The minimum Gasteiger partial charge on any atom is -0.385 e. The maximum atomic E-state index is 3.70. The zero-order chi connectivity index (χ0) is 10.9. The molecule has 1 aromatic rings. The van der Waals surface area contributed by atoms with Gasteiger partial charge in [0.25, 0.3) is 0 Å². The molecule has 0 aliphatic carbocycles. The van der Waals surface area contributed by atoms with E-state index in [1.807, 2.05) is 6.08 Å². The van der Waals surface area contributed by atoms with E-state index in [4.69, 9.17) is 0 Å². The Labute approximate surface area is 93.2 Å². The van der Waals surface area contributed by atoms with E-state index < -0.39 is 0 Å². The first kappa shape index (κ1) is 11.8. The Morgan fingerprint density at radius 3 is 2.60 bits per heavy atom. The maximum Gasteiger partial charge on any atom is 0.0340 e. The first-order valence-corrected chi connectivity index (χ1v) is 5.80. The van der Waals surface area contributed by atoms with Crippen molar-refractivity contribution in [2.75, 3.05) is 11.9 Å². The molecule has 0 aliphatic rings. The Morgan fingerprint density at radius 2 is 2.00 bits per heavy atom. The van der Waals surface area contributed by atoms with Crippen LogP contribution in [0.25, 0.3) is 0 Å². The van der Waals surface area contributed by atoms with Gasteiger partial charge in [-0.3, -0.25) is 0 Å². The fourth-order valence-electron chi connectivity index (χ4n) is 1.49. The summed E-state index contributed by atoms with van der Waals surface area (Å²) >= 11 is 0. The van der Waals surface area contributed by atoms with E-state index in [1.54, 1.807) is 0 Å².